The number of sulfonamides is 1. The fraction of sp³-hybridized carbons (Fsp3) is 0.333. The van der Waals surface area contributed by atoms with E-state index >= 15 is 0 Å². The first-order valence-electron chi connectivity index (χ1n) is 9.46. The summed E-state index contributed by atoms with van der Waals surface area (Å²) in [5.74, 6) is -1.22. The predicted molar refractivity (Wildman–Crippen MR) is 109 cm³/mol. The van der Waals surface area contributed by atoms with Gasteiger partial charge in [-0.15, -0.1) is 0 Å². The lowest BCUT2D eigenvalue weighted by Gasteiger charge is -2.16. The highest BCUT2D eigenvalue weighted by Gasteiger charge is 2.28. The Labute approximate surface area is 170 Å². The summed E-state index contributed by atoms with van der Waals surface area (Å²) < 4.78 is 32.0. The summed E-state index contributed by atoms with van der Waals surface area (Å²) in [6.07, 6.45) is 0.617. The van der Waals surface area contributed by atoms with Crippen molar-refractivity contribution in [1.29, 1.82) is 0 Å². The van der Waals surface area contributed by atoms with Crippen LogP contribution in [0.15, 0.2) is 53.4 Å². The van der Waals surface area contributed by atoms with Crippen molar-refractivity contribution in [1.82, 2.24) is 4.31 Å². The molecule has 1 amide bonds. The lowest BCUT2D eigenvalue weighted by molar-refractivity contribution is -0.123. The first kappa shape index (κ1) is 21.0. The number of esters is 1. The summed E-state index contributed by atoms with van der Waals surface area (Å²) in [5, 5.41) is 2.68. The zero-order valence-electron chi connectivity index (χ0n) is 16.4. The van der Waals surface area contributed by atoms with E-state index in [0.717, 1.165) is 18.4 Å². The normalized spacial score (nSPS) is 15.7. The van der Waals surface area contributed by atoms with E-state index < -0.39 is 28.0 Å². The molecule has 0 bridgehead atoms. The van der Waals surface area contributed by atoms with E-state index in [2.05, 4.69) is 5.32 Å². The third kappa shape index (κ3) is 5.02. The highest BCUT2D eigenvalue weighted by atomic mass is 32.2. The van der Waals surface area contributed by atoms with E-state index in [1.807, 2.05) is 19.1 Å². The SMILES string of the molecule is Cc1ccc(NC(=O)C(C)OC(=O)c2cccc(S(=O)(=O)N3CCCC3)c2)cc1. The van der Waals surface area contributed by atoms with Crippen molar-refractivity contribution in [3.63, 3.8) is 0 Å². The van der Waals surface area contributed by atoms with Gasteiger partial charge in [0.25, 0.3) is 5.91 Å². The minimum atomic E-state index is -3.64. The topological polar surface area (TPSA) is 92.8 Å². The molecule has 154 valence electrons. The van der Waals surface area contributed by atoms with Gasteiger partial charge in [-0.3, -0.25) is 4.79 Å². The smallest absolute Gasteiger partial charge is 0.338 e. The van der Waals surface area contributed by atoms with Crippen molar-refractivity contribution in [2.75, 3.05) is 18.4 Å². The molecule has 1 aliphatic rings. The Kier molecular flexibility index (Phi) is 6.34. The van der Waals surface area contributed by atoms with Gasteiger partial charge in [0.05, 0.1) is 10.5 Å². The van der Waals surface area contributed by atoms with Gasteiger partial charge in [-0.1, -0.05) is 23.8 Å². The maximum absolute atomic E-state index is 12.7. The van der Waals surface area contributed by atoms with Gasteiger partial charge in [-0.05, 0) is 57.0 Å². The summed E-state index contributed by atoms with van der Waals surface area (Å²) in [6.45, 7) is 4.36. The number of carbonyl (C=O) groups excluding carboxylic acids is 2. The molecule has 2 aromatic carbocycles. The Bertz CT molecular complexity index is 996. The minimum absolute atomic E-state index is 0.0469. The summed E-state index contributed by atoms with van der Waals surface area (Å²) in [5.41, 5.74) is 1.74. The molecule has 2 aromatic rings. The molecule has 3 rings (SSSR count). The molecule has 0 spiro atoms. The van der Waals surface area contributed by atoms with E-state index in [9.17, 15) is 18.0 Å². The molecule has 0 aliphatic carbocycles. The lowest BCUT2D eigenvalue weighted by Crippen LogP contribution is -2.30. The fourth-order valence-electron chi connectivity index (χ4n) is 3.02. The van der Waals surface area contributed by atoms with Crippen LogP contribution in [0.3, 0.4) is 0 Å². The number of amides is 1. The molecule has 1 atom stereocenters. The number of carbonyl (C=O) groups is 2. The van der Waals surface area contributed by atoms with Crippen molar-refractivity contribution in [2.45, 2.75) is 37.7 Å². The van der Waals surface area contributed by atoms with Crippen LogP contribution in [-0.4, -0.2) is 43.8 Å². The molecule has 7 nitrogen and oxygen atoms in total. The van der Waals surface area contributed by atoms with Crippen LogP contribution in [0, 0.1) is 6.92 Å². The summed E-state index contributed by atoms with van der Waals surface area (Å²) in [7, 11) is -3.64. The first-order valence-corrected chi connectivity index (χ1v) is 10.9. The predicted octanol–water partition coefficient (Wildman–Crippen LogP) is 2.96. The van der Waals surface area contributed by atoms with Crippen LogP contribution in [0.4, 0.5) is 5.69 Å². The second-order valence-electron chi connectivity index (χ2n) is 7.04. The number of nitrogens with one attached hydrogen (secondary N) is 1. The highest BCUT2D eigenvalue weighted by molar-refractivity contribution is 7.89. The largest absolute Gasteiger partial charge is 0.449 e. The quantitative estimate of drug-likeness (QED) is 0.731. The van der Waals surface area contributed by atoms with Crippen LogP contribution in [-0.2, 0) is 19.6 Å². The van der Waals surface area contributed by atoms with Gasteiger partial charge < -0.3 is 10.1 Å². The minimum Gasteiger partial charge on any atom is -0.449 e. The van der Waals surface area contributed by atoms with Crippen molar-refractivity contribution < 1.29 is 22.7 Å². The van der Waals surface area contributed by atoms with E-state index in [-0.39, 0.29) is 10.5 Å². The van der Waals surface area contributed by atoms with Crippen LogP contribution in [0.5, 0.6) is 0 Å². The number of ether oxygens (including phenoxy) is 1. The van der Waals surface area contributed by atoms with Crippen LogP contribution in [0.2, 0.25) is 0 Å². The molecule has 1 fully saturated rings. The van der Waals surface area contributed by atoms with Crippen LogP contribution in [0.25, 0.3) is 0 Å². The Morgan fingerprint density at radius 3 is 2.38 bits per heavy atom. The molecular weight excluding hydrogens is 392 g/mol. The average molecular weight is 416 g/mol. The Balaban J connectivity index is 1.67. The third-order valence-corrected chi connectivity index (χ3v) is 6.64. The van der Waals surface area contributed by atoms with Gasteiger partial charge in [-0.25, -0.2) is 13.2 Å². The number of aryl methyl sites for hydroxylation is 1. The second-order valence-corrected chi connectivity index (χ2v) is 8.98. The molecule has 8 heteroatoms. The number of rotatable bonds is 6. The third-order valence-electron chi connectivity index (χ3n) is 4.74. The second kappa shape index (κ2) is 8.75. The molecule has 1 heterocycles. The Morgan fingerprint density at radius 2 is 1.72 bits per heavy atom. The van der Waals surface area contributed by atoms with Crippen LogP contribution >= 0.6 is 0 Å². The molecule has 0 aromatic heterocycles. The monoisotopic (exact) mass is 416 g/mol. The van der Waals surface area contributed by atoms with E-state index in [1.165, 1.54) is 35.5 Å². The van der Waals surface area contributed by atoms with Crippen LogP contribution in [0.1, 0.15) is 35.7 Å². The zero-order valence-corrected chi connectivity index (χ0v) is 17.2. The first-order chi connectivity index (χ1) is 13.8. The molecular formula is C21H24N2O5S. The van der Waals surface area contributed by atoms with Crippen molar-refractivity contribution in [2.24, 2.45) is 0 Å². The number of nitrogens with zero attached hydrogens (tertiary/aromatic N) is 1. The molecule has 1 aliphatic heterocycles. The van der Waals surface area contributed by atoms with Gasteiger partial charge in [0.15, 0.2) is 6.10 Å². The van der Waals surface area contributed by atoms with Crippen molar-refractivity contribution in [3.05, 3.63) is 59.7 Å². The van der Waals surface area contributed by atoms with Gasteiger partial charge in [0, 0.05) is 18.8 Å². The fourth-order valence-corrected chi connectivity index (χ4v) is 4.59. The number of benzene rings is 2. The Hall–Kier alpha value is -2.71. The molecule has 1 saturated heterocycles. The van der Waals surface area contributed by atoms with Crippen molar-refractivity contribution in [3.8, 4) is 0 Å². The molecule has 0 radical (unpaired) electrons. The molecule has 1 unspecified atom stereocenters. The van der Waals surface area contributed by atoms with Gasteiger partial charge >= 0.3 is 5.97 Å². The zero-order chi connectivity index (χ0) is 21.0. The number of hydrogen-bond acceptors (Lipinski definition) is 5. The summed E-state index contributed by atoms with van der Waals surface area (Å²) in [4.78, 5) is 24.8. The average Bonchev–Trinajstić information content (AvgIpc) is 3.25. The van der Waals surface area contributed by atoms with Crippen molar-refractivity contribution >= 4 is 27.6 Å². The molecule has 1 N–H and O–H groups in total. The van der Waals surface area contributed by atoms with Gasteiger partial charge in [-0.2, -0.15) is 4.31 Å². The van der Waals surface area contributed by atoms with Crippen LogP contribution < -0.4 is 5.32 Å². The van der Waals surface area contributed by atoms with E-state index in [1.54, 1.807) is 12.1 Å². The summed E-state index contributed by atoms with van der Waals surface area (Å²) >= 11 is 0. The maximum atomic E-state index is 12.7. The lowest BCUT2D eigenvalue weighted by atomic mass is 10.2. The van der Waals surface area contributed by atoms with E-state index in [4.69, 9.17) is 4.74 Å². The van der Waals surface area contributed by atoms with Gasteiger partial charge in [0.2, 0.25) is 10.0 Å². The summed E-state index contributed by atoms with van der Waals surface area (Å²) in [6, 6.07) is 12.9. The molecule has 0 saturated carbocycles. The van der Waals surface area contributed by atoms with Gasteiger partial charge in [0.1, 0.15) is 0 Å². The molecule has 29 heavy (non-hydrogen) atoms. The number of hydrogen-bond donors (Lipinski definition) is 1. The Morgan fingerprint density at radius 1 is 1.07 bits per heavy atom. The maximum Gasteiger partial charge on any atom is 0.338 e. The van der Waals surface area contributed by atoms with E-state index in [0.29, 0.717) is 18.8 Å². The standard InChI is InChI=1S/C21H24N2O5S/c1-15-8-10-18(11-9-15)22-20(24)16(2)28-21(25)17-6-5-7-19(14-17)29(26,27)23-12-3-4-13-23/h5-11,14,16H,3-4,12-13H2,1-2H3,(H,22,24). The highest BCUT2D eigenvalue weighted by Crippen LogP contribution is 2.22. The number of anilines is 1.